The van der Waals surface area contributed by atoms with E-state index in [9.17, 15) is 4.79 Å². The zero-order valence-corrected chi connectivity index (χ0v) is 9.44. The van der Waals surface area contributed by atoms with E-state index in [0.29, 0.717) is 0 Å². The Morgan fingerprint density at radius 1 is 1.50 bits per heavy atom. The zero-order chi connectivity index (χ0) is 11.7. The second-order valence-electron chi connectivity index (χ2n) is 4.37. The highest BCUT2D eigenvalue weighted by molar-refractivity contribution is 5.78. The molecule has 4 heteroatoms. The van der Waals surface area contributed by atoms with Gasteiger partial charge in [0.25, 0.3) is 0 Å². The first-order valence-corrected chi connectivity index (χ1v) is 5.48. The van der Waals surface area contributed by atoms with Gasteiger partial charge >= 0.3 is 0 Å². The van der Waals surface area contributed by atoms with Gasteiger partial charge in [-0.25, -0.2) is 0 Å². The summed E-state index contributed by atoms with van der Waals surface area (Å²) in [6.45, 7) is 3.59. The summed E-state index contributed by atoms with van der Waals surface area (Å²) in [4.78, 5) is 13.3. The third kappa shape index (κ3) is 1.96. The minimum absolute atomic E-state index is 0.0159. The molecule has 1 atom stereocenters. The number of benzene rings is 1. The maximum absolute atomic E-state index is 11.1. The van der Waals surface area contributed by atoms with Crippen molar-refractivity contribution in [3.8, 4) is 0 Å². The molecular formula is C12H17N3O. The lowest BCUT2D eigenvalue weighted by molar-refractivity contribution is -0.121. The number of amides is 1. The Hall–Kier alpha value is -1.71. The van der Waals surface area contributed by atoms with Gasteiger partial charge in [-0.1, -0.05) is 0 Å². The van der Waals surface area contributed by atoms with E-state index in [4.69, 9.17) is 11.5 Å². The average molecular weight is 219 g/mol. The number of rotatable bonds is 2. The second kappa shape index (κ2) is 4.04. The largest absolute Gasteiger partial charge is 0.399 e. The highest BCUT2D eigenvalue weighted by Crippen LogP contribution is 2.26. The lowest BCUT2D eigenvalue weighted by atomic mass is 10.1. The molecule has 1 unspecified atom stereocenters. The van der Waals surface area contributed by atoms with Crippen LogP contribution in [0, 0.1) is 12.8 Å². The van der Waals surface area contributed by atoms with E-state index in [-0.39, 0.29) is 11.8 Å². The number of nitrogen functional groups attached to an aromatic ring is 1. The molecule has 0 saturated carbocycles. The Kier molecular flexibility index (Phi) is 2.73. The summed E-state index contributed by atoms with van der Waals surface area (Å²) in [5.74, 6) is -0.215. The molecule has 0 aromatic heterocycles. The van der Waals surface area contributed by atoms with Crippen molar-refractivity contribution in [3.63, 3.8) is 0 Å². The normalized spacial score (nSPS) is 20.1. The molecule has 0 bridgehead atoms. The average Bonchev–Trinajstić information content (AvgIpc) is 2.71. The van der Waals surface area contributed by atoms with Gasteiger partial charge in [0.1, 0.15) is 0 Å². The minimum Gasteiger partial charge on any atom is -0.399 e. The van der Waals surface area contributed by atoms with Crippen LogP contribution in [0.5, 0.6) is 0 Å². The summed E-state index contributed by atoms with van der Waals surface area (Å²) < 4.78 is 0. The van der Waals surface area contributed by atoms with Gasteiger partial charge in [0.2, 0.25) is 5.91 Å². The number of nitrogens with two attached hydrogens (primary N) is 2. The molecule has 86 valence electrons. The van der Waals surface area contributed by atoms with E-state index < -0.39 is 0 Å². The number of anilines is 2. The quantitative estimate of drug-likeness (QED) is 0.725. The number of hydrogen-bond acceptors (Lipinski definition) is 3. The summed E-state index contributed by atoms with van der Waals surface area (Å²) in [5, 5.41) is 0. The lowest BCUT2D eigenvalue weighted by Crippen LogP contribution is -2.27. The van der Waals surface area contributed by atoms with Crippen LogP contribution in [0.25, 0.3) is 0 Å². The number of hydrogen-bond donors (Lipinski definition) is 2. The van der Waals surface area contributed by atoms with Gasteiger partial charge in [-0.3, -0.25) is 4.79 Å². The Balaban J connectivity index is 2.14. The Bertz CT molecular complexity index is 417. The number of nitrogens with zero attached hydrogens (tertiary/aromatic N) is 1. The van der Waals surface area contributed by atoms with Crippen LogP contribution in [0.4, 0.5) is 11.4 Å². The molecule has 1 saturated heterocycles. The van der Waals surface area contributed by atoms with E-state index in [1.807, 2.05) is 19.1 Å². The summed E-state index contributed by atoms with van der Waals surface area (Å²) >= 11 is 0. The topological polar surface area (TPSA) is 72.3 Å². The number of primary amides is 1. The molecule has 0 radical (unpaired) electrons. The molecule has 4 N–H and O–H groups in total. The van der Waals surface area contributed by atoms with E-state index in [0.717, 1.165) is 36.4 Å². The monoisotopic (exact) mass is 219 g/mol. The molecule has 1 heterocycles. The molecule has 2 rings (SSSR count). The Labute approximate surface area is 95.2 Å². The maximum atomic E-state index is 11.1. The van der Waals surface area contributed by atoms with Crippen molar-refractivity contribution in [3.05, 3.63) is 23.8 Å². The van der Waals surface area contributed by atoms with Crippen LogP contribution in [0.2, 0.25) is 0 Å². The lowest BCUT2D eigenvalue weighted by Gasteiger charge is -2.19. The van der Waals surface area contributed by atoms with Crippen molar-refractivity contribution in [2.45, 2.75) is 13.3 Å². The summed E-state index contributed by atoms with van der Waals surface area (Å²) in [6, 6.07) is 5.95. The molecule has 1 aliphatic rings. The summed E-state index contributed by atoms with van der Waals surface area (Å²) in [7, 11) is 0. The van der Waals surface area contributed by atoms with Gasteiger partial charge in [-0.2, -0.15) is 0 Å². The summed E-state index contributed by atoms with van der Waals surface area (Å²) in [6.07, 6.45) is 0.846. The van der Waals surface area contributed by atoms with Crippen LogP contribution in [0.3, 0.4) is 0 Å². The smallest absolute Gasteiger partial charge is 0.222 e. The number of aryl methyl sites for hydroxylation is 1. The highest BCUT2D eigenvalue weighted by atomic mass is 16.1. The van der Waals surface area contributed by atoms with E-state index >= 15 is 0 Å². The fourth-order valence-corrected chi connectivity index (χ4v) is 2.08. The van der Waals surface area contributed by atoms with Crippen LogP contribution in [-0.2, 0) is 4.79 Å². The van der Waals surface area contributed by atoms with Crippen LogP contribution in [0.15, 0.2) is 18.2 Å². The fraction of sp³-hybridized carbons (Fsp3) is 0.417. The molecule has 1 aromatic rings. The molecule has 0 aliphatic carbocycles. The van der Waals surface area contributed by atoms with Gasteiger partial charge in [-0.05, 0) is 37.1 Å². The number of carbonyl (C=O) groups is 1. The molecule has 1 aliphatic heterocycles. The molecule has 1 fully saturated rings. The first-order chi connectivity index (χ1) is 7.58. The van der Waals surface area contributed by atoms with Crippen LogP contribution in [0.1, 0.15) is 12.0 Å². The SMILES string of the molecule is Cc1cc(N2CCC(C(N)=O)C2)ccc1N. The molecule has 0 spiro atoms. The van der Waals surface area contributed by atoms with Crippen molar-refractivity contribution in [2.75, 3.05) is 23.7 Å². The predicted octanol–water partition coefficient (Wildman–Crippen LogP) is 0.889. The third-order valence-corrected chi connectivity index (χ3v) is 3.21. The molecule has 1 amide bonds. The predicted molar refractivity (Wildman–Crippen MR) is 65.1 cm³/mol. The number of carbonyl (C=O) groups excluding carboxylic acids is 1. The molecule has 1 aromatic carbocycles. The zero-order valence-electron chi connectivity index (χ0n) is 9.44. The maximum Gasteiger partial charge on any atom is 0.222 e. The van der Waals surface area contributed by atoms with Crippen molar-refractivity contribution in [2.24, 2.45) is 11.7 Å². The van der Waals surface area contributed by atoms with Crippen molar-refractivity contribution < 1.29 is 4.79 Å². The van der Waals surface area contributed by atoms with Gasteiger partial charge < -0.3 is 16.4 Å². The summed E-state index contributed by atoms with van der Waals surface area (Å²) in [5.41, 5.74) is 14.1. The molecular weight excluding hydrogens is 202 g/mol. The molecule has 4 nitrogen and oxygen atoms in total. The van der Waals surface area contributed by atoms with Gasteiger partial charge in [0.15, 0.2) is 0 Å². The second-order valence-corrected chi connectivity index (χ2v) is 4.37. The van der Waals surface area contributed by atoms with Crippen molar-refractivity contribution in [1.29, 1.82) is 0 Å². The first kappa shape index (κ1) is 10.8. The minimum atomic E-state index is -0.199. The van der Waals surface area contributed by atoms with Crippen molar-refractivity contribution >= 4 is 17.3 Å². The Morgan fingerprint density at radius 2 is 2.25 bits per heavy atom. The third-order valence-electron chi connectivity index (χ3n) is 3.21. The van der Waals surface area contributed by atoms with E-state index in [1.165, 1.54) is 0 Å². The van der Waals surface area contributed by atoms with Crippen LogP contribution < -0.4 is 16.4 Å². The van der Waals surface area contributed by atoms with Gasteiger partial charge in [0, 0.05) is 24.5 Å². The van der Waals surface area contributed by atoms with E-state index in [1.54, 1.807) is 0 Å². The Morgan fingerprint density at radius 3 is 2.81 bits per heavy atom. The van der Waals surface area contributed by atoms with E-state index in [2.05, 4.69) is 11.0 Å². The standard InChI is InChI=1S/C12H17N3O/c1-8-6-10(2-3-11(8)13)15-5-4-9(7-15)12(14)16/h2-3,6,9H,4-5,7,13H2,1H3,(H2,14,16). The van der Waals surface area contributed by atoms with Gasteiger partial charge in [0.05, 0.1) is 5.92 Å². The highest BCUT2D eigenvalue weighted by Gasteiger charge is 2.26. The molecule has 16 heavy (non-hydrogen) atoms. The van der Waals surface area contributed by atoms with Gasteiger partial charge in [-0.15, -0.1) is 0 Å². The van der Waals surface area contributed by atoms with Crippen molar-refractivity contribution in [1.82, 2.24) is 0 Å². The first-order valence-electron chi connectivity index (χ1n) is 5.48. The van der Waals surface area contributed by atoms with Crippen LogP contribution in [-0.4, -0.2) is 19.0 Å². The van der Waals surface area contributed by atoms with Crippen LogP contribution >= 0.6 is 0 Å². The fourth-order valence-electron chi connectivity index (χ4n) is 2.08.